The van der Waals surface area contributed by atoms with E-state index in [2.05, 4.69) is 12.2 Å². The van der Waals surface area contributed by atoms with Crippen LogP contribution in [-0.2, 0) is 16.0 Å². The summed E-state index contributed by atoms with van der Waals surface area (Å²) in [4.78, 5) is 26.1. The molecule has 5 nitrogen and oxygen atoms in total. The predicted molar refractivity (Wildman–Crippen MR) is 80.1 cm³/mol. The Morgan fingerprint density at radius 1 is 1.33 bits per heavy atom. The maximum absolute atomic E-state index is 12.5. The lowest BCUT2D eigenvalue weighted by Crippen LogP contribution is -2.58. The normalized spacial score (nSPS) is 22.0. The van der Waals surface area contributed by atoms with Gasteiger partial charge in [0.05, 0.1) is 13.2 Å². The fraction of sp³-hybridized carbons (Fsp3) is 0.500. The first-order valence-corrected chi connectivity index (χ1v) is 7.24. The third-order valence-electron chi connectivity index (χ3n) is 3.88. The highest BCUT2D eigenvalue weighted by molar-refractivity contribution is 5.95. The highest BCUT2D eigenvalue weighted by atomic mass is 16.5. The molecule has 2 rings (SSSR count). The van der Waals surface area contributed by atoms with Gasteiger partial charge in [-0.2, -0.15) is 0 Å². The SMILES string of the molecule is CCc1ccc(C(=O)N2CCO[C@@](C)(C(=O)NC)C2)cc1. The van der Waals surface area contributed by atoms with Crippen LogP contribution in [0.2, 0.25) is 0 Å². The molecule has 2 amide bonds. The molecule has 0 unspecified atom stereocenters. The van der Waals surface area contributed by atoms with Crippen molar-refractivity contribution in [2.75, 3.05) is 26.7 Å². The van der Waals surface area contributed by atoms with Crippen molar-refractivity contribution in [1.82, 2.24) is 10.2 Å². The molecule has 1 heterocycles. The van der Waals surface area contributed by atoms with Crippen molar-refractivity contribution in [3.8, 4) is 0 Å². The average molecular weight is 290 g/mol. The first-order valence-electron chi connectivity index (χ1n) is 7.24. The second-order valence-corrected chi connectivity index (χ2v) is 5.44. The van der Waals surface area contributed by atoms with E-state index in [1.165, 1.54) is 5.56 Å². The summed E-state index contributed by atoms with van der Waals surface area (Å²) in [5.41, 5.74) is 0.864. The number of morpholine rings is 1. The van der Waals surface area contributed by atoms with Crippen LogP contribution >= 0.6 is 0 Å². The Hall–Kier alpha value is -1.88. The monoisotopic (exact) mass is 290 g/mol. The Labute approximate surface area is 125 Å². The van der Waals surface area contributed by atoms with Crippen LogP contribution in [0.3, 0.4) is 0 Å². The lowest BCUT2D eigenvalue weighted by Gasteiger charge is -2.39. The van der Waals surface area contributed by atoms with Gasteiger partial charge in [-0.3, -0.25) is 9.59 Å². The topological polar surface area (TPSA) is 58.6 Å². The lowest BCUT2D eigenvalue weighted by atomic mass is 10.0. The number of nitrogens with zero attached hydrogens (tertiary/aromatic N) is 1. The summed E-state index contributed by atoms with van der Waals surface area (Å²) in [6.45, 7) is 4.92. The maximum atomic E-state index is 12.5. The summed E-state index contributed by atoms with van der Waals surface area (Å²) >= 11 is 0. The van der Waals surface area contributed by atoms with Crippen molar-refractivity contribution in [1.29, 1.82) is 0 Å². The van der Waals surface area contributed by atoms with Gasteiger partial charge < -0.3 is 15.0 Å². The lowest BCUT2D eigenvalue weighted by molar-refractivity contribution is -0.153. The smallest absolute Gasteiger partial charge is 0.254 e. The van der Waals surface area contributed by atoms with Gasteiger partial charge in [0.1, 0.15) is 0 Å². The summed E-state index contributed by atoms with van der Waals surface area (Å²) in [7, 11) is 1.57. The van der Waals surface area contributed by atoms with Crippen molar-refractivity contribution >= 4 is 11.8 Å². The van der Waals surface area contributed by atoms with Gasteiger partial charge >= 0.3 is 0 Å². The zero-order valence-electron chi connectivity index (χ0n) is 12.8. The molecule has 1 aliphatic heterocycles. The number of carbonyl (C=O) groups is 2. The van der Waals surface area contributed by atoms with E-state index in [0.29, 0.717) is 18.7 Å². The van der Waals surface area contributed by atoms with Gasteiger partial charge in [0.2, 0.25) is 0 Å². The van der Waals surface area contributed by atoms with Gasteiger partial charge in [-0.25, -0.2) is 0 Å². The first kappa shape index (κ1) is 15.5. The third kappa shape index (κ3) is 3.24. The molecular formula is C16H22N2O3. The Bertz CT molecular complexity index is 527. The standard InChI is InChI=1S/C16H22N2O3/c1-4-12-5-7-13(8-6-12)14(19)18-9-10-21-16(2,11-18)15(20)17-3/h5-8H,4,9-11H2,1-3H3,(H,17,20)/t16-/m1/s1. The van der Waals surface area contributed by atoms with Crippen LogP contribution in [0.4, 0.5) is 0 Å². The van der Waals surface area contributed by atoms with Gasteiger partial charge in [-0.1, -0.05) is 19.1 Å². The molecule has 114 valence electrons. The van der Waals surface area contributed by atoms with E-state index >= 15 is 0 Å². The van der Waals surface area contributed by atoms with Gasteiger partial charge in [0.15, 0.2) is 5.60 Å². The van der Waals surface area contributed by atoms with Crippen LogP contribution in [-0.4, -0.2) is 49.1 Å². The number of aryl methyl sites for hydroxylation is 1. The van der Waals surface area contributed by atoms with Crippen LogP contribution < -0.4 is 5.32 Å². The molecule has 0 saturated carbocycles. The van der Waals surface area contributed by atoms with E-state index in [1.54, 1.807) is 18.9 Å². The second kappa shape index (κ2) is 6.26. The zero-order chi connectivity index (χ0) is 15.5. The number of nitrogens with one attached hydrogen (secondary N) is 1. The van der Waals surface area contributed by atoms with Crippen molar-refractivity contribution in [3.05, 3.63) is 35.4 Å². The minimum absolute atomic E-state index is 0.0592. The molecule has 0 spiro atoms. The minimum atomic E-state index is -0.980. The van der Waals surface area contributed by atoms with Crippen molar-refractivity contribution in [2.24, 2.45) is 0 Å². The molecule has 1 atom stereocenters. The molecule has 0 radical (unpaired) electrons. The fourth-order valence-corrected chi connectivity index (χ4v) is 2.51. The summed E-state index contributed by atoms with van der Waals surface area (Å²) < 4.78 is 5.56. The van der Waals surface area contributed by atoms with Crippen LogP contribution in [0.1, 0.15) is 29.8 Å². The summed E-state index contributed by atoms with van der Waals surface area (Å²) in [6.07, 6.45) is 0.945. The summed E-state index contributed by atoms with van der Waals surface area (Å²) in [5, 5.41) is 2.59. The highest BCUT2D eigenvalue weighted by Crippen LogP contribution is 2.20. The number of carbonyl (C=O) groups excluding carboxylic acids is 2. The number of hydrogen-bond donors (Lipinski definition) is 1. The van der Waals surface area contributed by atoms with Crippen molar-refractivity contribution in [3.63, 3.8) is 0 Å². The molecule has 1 N–H and O–H groups in total. The Kier molecular flexibility index (Phi) is 4.63. The molecule has 1 aliphatic rings. The summed E-state index contributed by atoms with van der Waals surface area (Å²) in [6, 6.07) is 7.61. The molecule has 0 aliphatic carbocycles. The van der Waals surface area contributed by atoms with Crippen LogP contribution in [0.25, 0.3) is 0 Å². The van der Waals surface area contributed by atoms with E-state index in [4.69, 9.17) is 4.74 Å². The van der Waals surface area contributed by atoms with Crippen LogP contribution in [0.5, 0.6) is 0 Å². The highest BCUT2D eigenvalue weighted by Gasteiger charge is 2.40. The molecule has 1 aromatic rings. The molecule has 0 aromatic heterocycles. The number of benzene rings is 1. The molecular weight excluding hydrogens is 268 g/mol. The average Bonchev–Trinajstić information content (AvgIpc) is 2.53. The largest absolute Gasteiger partial charge is 0.362 e. The second-order valence-electron chi connectivity index (χ2n) is 5.44. The van der Waals surface area contributed by atoms with E-state index in [9.17, 15) is 9.59 Å². The quantitative estimate of drug-likeness (QED) is 0.911. The van der Waals surface area contributed by atoms with E-state index in [-0.39, 0.29) is 18.4 Å². The maximum Gasteiger partial charge on any atom is 0.254 e. The number of hydrogen-bond acceptors (Lipinski definition) is 3. The number of rotatable bonds is 3. The molecule has 21 heavy (non-hydrogen) atoms. The summed E-state index contributed by atoms with van der Waals surface area (Å²) in [5.74, 6) is -0.266. The number of ether oxygens (including phenoxy) is 1. The van der Waals surface area contributed by atoms with Gasteiger partial charge in [0, 0.05) is 19.2 Å². The van der Waals surface area contributed by atoms with Gasteiger partial charge in [-0.05, 0) is 31.0 Å². The molecule has 5 heteroatoms. The third-order valence-corrected chi connectivity index (χ3v) is 3.88. The van der Waals surface area contributed by atoms with E-state index < -0.39 is 5.60 Å². The minimum Gasteiger partial charge on any atom is -0.362 e. The Morgan fingerprint density at radius 3 is 2.57 bits per heavy atom. The van der Waals surface area contributed by atoms with Crippen LogP contribution in [0.15, 0.2) is 24.3 Å². The molecule has 1 aromatic carbocycles. The predicted octanol–water partition coefficient (Wildman–Crippen LogP) is 1.23. The zero-order valence-corrected chi connectivity index (χ0v) is 12.8. The number of amides is 2. The van der Waals surface area contributed by atoms with Crippen molar-refractivity contribution < 1.29 is 14.3 Å². The molecule has 1 saturated heterocycles. The van der Waals surface area contributed by atoms with E-state index in [0.717, 1.165) is 6.42 Å². The van der Waals surface area contributed by atoms with Gasteiger partial charge in [-0.15, -0.1) is 0 Å². The molecule has 1 fully saturated rings. The first-order chi connectivity index (χ1) is 10.00. The van der Waals surface area contributed by atoms with E-state index in [1.807, 2.05) is 24.3 Å². The number of likely N-dealkylation sites (N-methyl/N-ethyl adjacent to an activating group) is 1. The molecule has 0 bridgehead atoms. The fourth-order valence-electron chi connectivity index (χ4n) is 2.51. The Morgan fingerprint density at radius 2 is 2.00 bits per heavy atom. The van der Waals surface area contributed by atoms with Crippen LogP contribution in [0, 0.1) is 0 Å². The van der Waals surface area contributed by atoms with Crippen molar-refractivity contribution in [2.45, 2.75) is 25.9 Å². The Balaban J connectivity index is 2.13. The van der Waals surface area contributed by atoms with Gasteiger partial charge in [0.25, 0.3) is 11.8 Å².